The molecule has 0 saturated heterocycles. The second kappa shape index (κ2) is 11.7. The zero-order valence-corrected chi connectivity index (χ0v) is 13.7. The highest BCUT2D eigenvalue weighted by atomic mass is 16.5. The van der Waals surface area contributed by atoms with Crippen molar-refractivity contribution in [2.45, 2.75) is 13.8 Å². The molecule has 0 aromatic heterocycles. The van der Waals surface area contributed by atoms with Crippen molar-refractivity contribution < 1.29 is 9.47 Å². The maximum absolute atomic E-state index is 5.62. The molecule has 0 aliphatic heterocycles. The van der Waals surface area contributed by atoms with Gasteiger partial charge in [0.2, 0.25) is 0 Å². The highest BCUT2D eigenvalue weighted by Crippen LogP contribution is 2.35. The molecule has 1 aromatic carbocycles. The number of hydrogen-bond donors (Lipinski definition) is 6. The van der Waals surface area contributed by atoms with Crippen LogP contribution < -0.4 is 43.5 Å². The molecule has 23 heavy (non-hydrogen) atoms. The molecule has 10 nitrogen and oxygen atoms in total. The molecule has 0 unspecified atom stereocenters. The first-order valence-corrected chi connectivity index (χ1v) is 6.98. The smallest absolute Gasteiger partial charge is 0.184 e. The summed E-state index contributed by atoms with van der Waals surface area (Å²) in [6, 6.07) is 5.33. The average molecular weight is 326 g/mol. The maximum Gasteiger partial charge on any atom is 0.184 e. The standard InChI is InChI=1S/C11H20N8O2.C2H6/c1-16-7-3-2-4-8(20-5-9(12)17-13)11(7)21-6-10(18-14)19-15;1-2/h2-4,16H,5-6,13-15H2,1H3,(H2,12,17)(H,18,19);1-2H3. The van der Waals surface area contributed by atoms with E-state index in [9.17, 15) is 0 Å². The van der Waals surface area contributed by atoms with Crippen molar-refractivity contribution >= 4 is 17.4 Å². The number of benzene rings is 1. The number of hydrazine groups is 1. The molecule has 1 rings (SSSR count). The fourth-order valence-electron chi connectivity index (χ4n) is 1.42. The second-order valence-electron chi connectivity index (χ2n) is 3.80. The predicted octanol–water partition coefficient (Wildman–Crippen LogP) is -0.521. The summed E-state index contributed by atoms with van der Waals surface area (Å²) in [6.45, 7) is 4.08. The quantitative estimate of drug-likeness (QED) is 0.168. The number of ether oxygens (including phenoxy) is 2. The average Bonchev–Trinajstić information content (AvgIpc) is 2.62. The summed E-state index contributed by atoms with van der Waals surface area (Å²) in [5.74, 6) is 16.8. The fraction of sp³-hybridized carbons (Fsp3) is 0.385. The van der Waals surface area contributed by atoms with E-state index in [1.807, 2.05) is 19.9 Å². The predicted molar refractivity (Wildman–Crippen MR) is 93.1 cm³/mol. The van der Waals surface area contributed by atoms with Crippen molar-refractivity contribution in [3.05, 3.63) is 18.2 Å². The van der Waals surface area contributed by atoms with Crippen LogP contribution >= 0.6 is 0 Å². The summed E-state index contributed by atoms with van der Waals surface area (Å²) in [7, 11) is 1.75. The summed E-state index contributed by atoms with van der Waals surface area (Å²) >= 11 is 0. The van der Waals surface area contributed by atoms with E-state index >= 15 is 0 Å². The molecule has 10 heteroatoms. The molecule has 0 saturated carbocycles. The van der Waals surface area contributed by atoms with Gasteiger partial charge in [0.15, 0.2) is 23.2 Å². The van der Waals surface area contributed by atoms with Crippen LogP contribution in [0, 0.1) is 0 Å². The minimum Gasteiger partial charge on any atom is -0.482 e. The fourth-order valence-corrected chi connectivity index (χ4v) is 1.42. The first-order valence-electron chi connectivity index (χ1n) is 6.98. The summed E-state index contributed by atoms with van der Waals surface area (Å²) in [5, 5.41) is 9.74. The maximum atomic E-state index is 5.62. The molecule has 1 aromatic rings. The molecule has 0 radical (unpaired) electrons. The lowest BCUT2D eigenvalue weighted by Gasteiger charge is -2.16. The zero-order valence-electron chi connectivity index (χ0n) is 13.7. The first kappa shape index (κ1) is 20.1. The van der Waals surface area contributed by atoms with Gasteiger partial charge in [0.25, 0.3) is 0 Å². The Bertz CT molecular complexity index is 519. The van der Waals surface area contributed by atoms with E-state index in [1.165, 1.54) is 0 Å². The highest BCUT2D eigenvalue weighted by Gasteiger charge is 2.12. The molecule has 130 valence electrons. The SMILES string of the molecule is CC.CNc1cccc(OC/C(N)=N/N)c1OC/C(=N/N)NN. The van der Waals surface area contributed by atoms with Crippen LogP contribution in [0.2, 0.25) is 0 Å². The Balaban J connectivity index is 0.00000232. The van der Waals surface area contributed by atoms with E-state index in [4.69, 9.17) is 32.7 Å². The summed E-state index contributed by atoms with van der Waals surface area (Å²) in [4.78, 5) is 0. The number of nitrogens with zero attached hydrogens (tertiary/aromatic N) is 2. The zero-order chi connectivity index (χ0) is 17.7. The number of nitrogens with one attached hydrogen (secondary N) is 2. The van der Waals surface area contributed by atoms with Crippen molar-refractivity contribution in [2.75, 3.05) is 25.6 Å². The van der Waals surface area contributed by atoms with E-state index in [-0.39, 0.29) is 24.9 Å². The van der Waals surface area contributed by atoms with Gasteiger partial charge in [-0.05, 0) is 12.1 Å². The van der Waals surface area contributed by atoms with Crippen LogP contribution in [0.4, 0.5) is 5.69 Å². The third-order valence-corrected chi connectivity index (χ3v) is 2.47. The van der Waals surface area contributed by atoms with Crippen molar-refractivity contribution in [3.8, 4) is 11.5 Å². The molecule has 0 bridgehead atoms. The van der Waals surface area contributed by atoms with Crippen LogP contribution in [0.15, 0.2) is 28.4 Å². The van der Waals surface area contributed by atoms with Gasteiger partial charge in [-0.1, -0.05) is 19.9 Å². The number of hydrazone groups is 2. The van der Waals surface area contributed by atoms with E-state index in [2.05, 4.69) is 20.9 Å². The second-order valence-corrected chi connectivity index (χ2v) is 3.80. The molecule has 0 spiro atoms. The molecular weight excluding hydrogens is 300 g/mol. The molecule has 0 aliphatic carbocycles. The Morgan fingerprint density at radius 2 is 1.83 bits per heavy atom. The number of para-hydroxylation sites is 1. The van der Waals surface area contributed by atoms with Gasteiger partial charge in [-0.15, -0.1) is 0 Å². The summed E-state index contributed by atoms with van der Waals surface area (Å²) in [5.41, 5.74) is 8.52. The Hall–Kier alpha value is -2.88. The third kappa shape index (κ3) is 6.61. The van der Waals surface area contributed by atoms with Gasteiger partial charge in [-0.25, -0.2) is 5.84 Å². The van der Waals surface area contributed by atoms with E-state index in [1.54, 1.807) is 19.2 Å². The molecule has 0 atom stereocenters. The lowest BCUT2D eigenvalue weighted by Crippen LogP contribution is -2.35. The van der Waals surface area contributed by atoms with Crippen LogP contribution in [-0.2, 0) is 0 Å². The van der Waals surface area contributed by atoms with Crippen molar-refractivity contribution in [3.63, 3.8) is 0 Å². The van der Waals surface area contributed by atoms with Gasteiger partial charge in [-0.3, -0.25) is 0 Å². The van der Waals surface area contributed by atoms with Gasteiger partial charge in [0.1, 0.15) is 13.2 Å². The Morgan fingerprint density at radius 1 is 1.13 bits per heavy atom. The minimum absolute atomic E-state index is 0.0347. The van der Waals surface area contributed by atoms with Gasteiger partial charge >= 0.3 is 0 Å². The van der Waals surface area contributed by atoms with Crippen LogP contribution in [0.3, 0.4) is 0 Å². The monoisotopic (exact) mass is 326 g/mol. The highest BCUT2D eigenvalue weighted by molar-refractivity contribution is 5.83. The van der Waals surface area contributed by atoms with Crippen molar-refractivity contribution in [1.29, 1.82) is 0 Å². The largest absolute Gasteiger partial charge is 0.482 e. The van der Waals surface area contributed by atoms with Crippen LogP contribution in [0.5, 0.6) is 11.5 Å². The van der Waals surface area contributed by atoms with Gasteiger partial charge < -0.3 is 37.6 Å². The molecule has 0 aliphatic rings. The van der Waals surface area contributed by atoms with Crippen LogP contribution in [-0.4, -0.2) is 31.9 Å². The normalized spacial score (nSPS) is 11.1. The lowest BCUT2D eigenvalue weighted by molar-refractivity contribution is 0.319. The van der Waals surface area contributed by atoms with Gasteiger partial charge in [0, 0.05) is 7.05 Å². The Labute approximate surface area is 135 Å². The van der Waals surface area contributed by atoms with E-state index in [0.29, 0.717) is 17.2 Å². The molecular formula is C13H26N8O2. The number of anilines is 1. The number of hydrogen-bond acceptors (Lipinski definition) is 8. The third-order valence-electron chi connectivity index (χ3n) is 2.47. The van der Waals surface area contributed by atoms with Crippen LogP contribution in [0.25, 0.3) is 0 Å². The first-order chi connectivity index (χ1) is 11.2. The lowest BCUT2D eigenvalue weighted by atomic mass is 10.2. The Morgan fingerprint density at radius 3 is 2.35 bits per heavy atom. The molecule has 0 fully saturated rings. The summed E-state index contributed by atoms with van der Waals surface area (Å²) in [6.07, 6.45) is 0. The van der Waals surface area contributed by atoms with Gasteiger partial charge in [0.05, 0.1) is 5.69 Å². The van der Waals surface area contributed by atoms with Crippen molar-refractivity contribution in [2.24, 2.45) is 33.5 Å². The van der Waals surface area contributed by atoms with Crippen molar-refractivity contribution in [1.82, 2.24) is 5.43 Å². The van der Waals surface area contributed by atoms with Crippen LogP contribution in [0.1, 0.15) is 13.8 Å². The Kier molecular flexibility index (Phi) is 10.3. The van der Waals surface area contributed by atoms with Gasteiger partial charge in [-0.2, -0.15) is 10.2 Å². The topological polar surface area (TPSA) is 171 Å². The van der Waals surface area contributed by atoms with E-state index in [0.717, 1.165) is 0 Å². The molecule has 0 heterocycles. The number of nitrogens with two attached hydrogens (primary N) is 4. The number of rotatable bonds is 7. The molecule has 10 N–H and O–H groups in total. The molecule has 0 amide bonds. The number of amidine groups is 2. The van der Waals surface area contributed by atoms with E-state index < -0.39 is 0 Å². The minimum atomic E-state index is 0.0347. The summed E-state index contributed by atoms with van der Waals surface area (Å²) < 4.78 is 11.1.